The van der Waals surface area contributed by atoms with E-state index < -0.39 is 0 Å². The lowest BCUT2D eigenvalue weighted by molar-refractivity contribution is 0.409. The molecule has 0 fully saturated rings. The van der Waals surface area contributed by atoms with Crippen molar-refractivity contribution in [3.8, 4) is 22.8 Å². The first-order valence-corrected chi connectivity index (χ1v) is 6.99. The van der Waals surface area contributed by atoms with Gasteiger partial charge in [0, 0.05) is 6.07 Å². The van der Waals surface area contributed by atoms with Gasteiger partial charge in [0.05, 0.1) is 23.1 Å². The molecule has 1 aromatic heterocycles. The number of aryl methyl sites for hydroxylation is 1. The molecule has 0 spiro atoms. The van der Waals surface area contributed by atoms with Gasteiger partial charge in [-0.15, -0.1) is 0 Å². The lowest BCUT2D eigenvalue weighted by Gasteiger charge is -2.10. The maximum absolute atomic E-state index is 12.2. The first-order chi connectivity index (χ1) is 10.5. The fraction of sp³-hybridized carbons (Fsp3) is 0.118. The molecule has 0 aliphatic heterocycles. The molecule has 5 heteroatoms. The van der Waals surface area contributed by atoms with Crippen LogP contribution in [-0.2, 0) is 0 Å². The Morgan fingerprint density at radius 2 is 2.00 bits per heavy atom. The molecule has 1 heterocycles. The summed E-state index contributed by atoms with van der Waals surface area (Å²) in [7, 11) is 1.54. The van der Waals surface area contributed by atoms with Crippen LogP contribution in [0.1, 0.15) is 5.56 Å². The maximum Gasteiger partial charge on any atom is 0.193 e. The summed E-state index contributed by atoms with van der Waals surface area (Å²) < 4.78 is 11.0. The van der Waals surface area contributed by atoms with Gasteiger partial charge in [-0.05, 0) is 36.8 Å². The molecular weight excluding hydrogens is 304 g/mol. The van der Waals surface area contributed by atoms with Gasteiger partial charge in [-0.1, -0.05) is 17.7 Å². The second-order valence-corrected chi connectivity index (χ2v) is 5.34. The minimum Gasteiger partial charge on any atom is -0.507 e. The molecular formula is C17H13ClO4. The molecule has 1 N–H and O–H groups in total. The van der Waals surface area contributed by atoms with Crippen molar-refractivity contribution in [2.75, 3.05) is 7.11 Å². The second kappa shape index (κ2) is 5.39. The van der Waals surface area contributed by atoms with Crippen LogP contribution in [0.25, 0.3) is 22.3 Å². The van der Waals surface area contributed by atoms with Crippen LogP contribution in [0.5, 0.6) is 11.5 Å². The van der Waals surface area contributed by atoms with Crippen LogP contribution in [0.4, 0.5) is 0 Å². The number of ether oxygens (including phenoxy) is 1. The molecule has 0 unspecified atom stereocenters. The number of fused-ring (bicyclic) bond motifs is 1. The van der Waals surface area contributed by atoms with E-state index in [0.29, 0.717) is 27.3 Å². The van der Waals surface area contributed by atoms with Crippen molar-refractivity contribution in [2.45, 2.75) is 6.92 Å². The van der Waals surface area contributed by atoms with Gasteiger partial charge < -0.3 is 14.3 Å². The third kappa shape index (κ3) is 2.31. The third-order valence-electron chi connectivity index (χ3n) is 3.49. The highest BCUT2D eigenvalue weighted by Crippen LogP contribution is 2.36. The quantitative estimate of drug-likeness (QED) is 0.772. The van der Waals surface area contributed by atoms with E-state index in [0.717, 1.165) is 5.56 Å². The fourth-order valence-electron chi connectivity index (χ4n) is 2.37. The Morgan fingerprint density at radius 3 is 2.73 bits per heavy atom. The third-order valence-corrected chi connectivity index (χ3v) is 3.78. The zero-order valence-corrected chi connectivity index (χ0v) is 12.8. The molecule has 3 rings (SSSR count). The molecule has 0 aliphatic carbocycles. The average Bonchev–Trinajstić information content (AvgIpc) is 2.48. The van der Waals surface area contributed by atoms with Crippen LogP contribution in [0.3, 0.4) is 0 Å². The normalized spacial score (nSPS) is 10.9. The highest BCUT2D eigenvalue weighted by Gasteiger charge is 2.14. The largest absolute Gasteiger partial charge is 0.507 e. The van der Waals surface area contributed by atoms with Gasteiger partial charge in [0.25, 0.3) is 0 Å². The molecule has 3 aromatic rings. The Balaban J connectivity index is 2.32. The Kier molecular flexibility index (Phi) is 3.54. The first-order valence-electron chi connectivity index (χ1n) is 6.61. The van der Waals surface area contributed by atoms with Gasteiger partial charge >= 0.3 is 0 Å². The number of benzene rings is 2. The number of phenols is 1. The van der Waals surface area contributed by atoms with E-state index in [1.807, 2.05) is 6.92 Å². The van der Waals surface area contributed by atoms with Crippen molar-refractivity contribution in [3.05, 3.63) is 57.2 Å². The van der Waals surface area contributed by atoms with Crippen molar-refractivity contribution in [1.29, 1.82) is 0 Å². The molecule has 0 aliphatic rings. The topological polar surface area (TPSA) is 59.7 Å². The number of halogens is 1. The smallest absolute Gasteiger partial charge is 0.193 e. The maximum atomic E-state index is 12.2. The summed E-state index contributed by atoms with van der Waals surface area (Å²) in [5.41, 5.74) is 1.23. The molecule has 112 valence electrons. The summed E-state index contributed by atoms with van der Waals surface area (Å²) in [5.74, 6) is 0.837. The summed E-state index contributed by atoms with van der Waals surface area (Å²) in [6.07, 6.45) is 0. The van der Waals surface area contributed by atoms with Crippen molar-refractivity contribution < 1.29 is 14.3 Å². The first kappa shape index (κ1) is 14.5. The lowest BCUT2D eigenvalue weighted by Crippen LogP contribution is -2.00. The molecule has 0 radical (unpaired) electrons. The summed E-state index contributed by atoms with van der Waals surface area (Å²) in [5, 5.41) is 10.9. The monoisotopic (exact) mass is 316 g/mol. The Labute approximate surface area is 131 Å². The van der Waals surface area contributed by atoms with Crippen LogP contribution < -0.4 is 10.2 Å². The fourth-order valence-corrected chi connectivity index (χ4v) is 2.58. The zero-order chi connectivity index (χ0) is 15.9. The molecule has 0 saturated heterocycles. The number of phenolic OH excluding ortho intramolecular Hbond substituents is 1. The number of aromatic hydroxyl groups is 1. The summed E-state index contributed by atoms with van der Waals surface area (Å²) in [6.45, 7) is 1.82. The zero-order valence-electron chi connectivity index (χ0n) is 12.0. The van der Waals surface area contributed by atoms with E-state index in [-0.39, 0.29) is 16.9 Å². The minimum absolute atomic E-state index is 0.00727. The van der Waals surface area contributed by atoms with Gasteiger partial charge in [0.1, 0.15) is 17.3 Å². The van der Waals surface area contributed by atoms with Crippen LogP contribution in [0.2, 0.25) is 5.02 Å². The Morgan fingerprint density at radius 1 is 1.23 bits per heavy atom. The molecule has 22 heavy (non-hydrogen) atoms. The van der Waals surface area contributed by atoms with Gasteiger partial charge in [0.15, 0.2) is 11.0 Å². The van der Waals surface area contributed by atoms with Gasteiger partial charge in [-0.25, -0.2) is 0 Å². The van der Waals surface area contributed by atoms with E-state index >= 15 is 0 Å². The molecule has 4 nitrogen and oxygen atoms in total. The van der Waals surface area contributed by atoms with E-state index in [1.54, 1.807) is 30.3 Å². The van der Waals surface area contributed by atoms with Crippen LogP contribution in [-0.4, -0.2) is 12.2 Å². The number of hydrogen-bond donors (Lipinski definition) is 1. The Bertz CT molecular complexity index is 928. The molecule has 2 aromatic carbocycles. The van der Waals surface area contributed by atoms with Crippen molar-refractivity contribution >= 4 is 22.6 Å². The van der Waals surface area contributed by atoms with Crippen molar-refractivity contribution in [3.63, 3.8) is 0 Å². The van der Waals surface area contributed by atoms with Gasteiger partial charge in [-0.2, -0.15) is 0 Å². The molecule has 0 atom stereocenters. The number of rotatable bonds is 2. The van der Waals surface area contributed by atoms with Gasteiger partial charge in [0.2, 0.25) is 0 Å². The number of para-hydroxylation sites is 1. The van der Waals surface area contributed by atoms with Crippen molar-refractivity contribution in [1.82, 2.24) is 0 Å². The summed E-state index contributed by atoms with van der Waals surface area (Å²) >= 11 is 6.09. The van der Waals surface area contributed by atoms with Crippen LogP contribution >= 0.6 is 11.6 Å². The van der Waals surface area contributed by atoms with E-state index in [2.05, 4.69) is 0 Å². The standard InChI is InChI=1S/C17H13ClO4/c1-9-6-13(19)11(7-15(9)21-2)16-8-14(20)10-4-3-5-12(18)17(10)22-16/h3-8,19H,1-2H3. The molecule has 0 bridgehead atoms. The van der Waals surface area contributed by atoms with E-state index in [9.17, 15) is 9.90 Å². The Hall–Kier alpha value is -2.46. The minimum atomic E-state index is -0.224. The van der Waals surface area contributed by atoms with Crippen LogP contribution in [0.15, 0.2) is 45.6 Å². The van der Waals surface area contributed by atoms with Crippen molar-refractivity contribution in [2.24, 2.45) is 0 Å². The highest BCUT2D eigenvalue weighted by atomic mass is 35.5. The van der Waals surface area contributed by atoms with Gasteiger partial charge in [-0.3, -0.25) is 4.79 Å². The number of methoxy groups -OCH3 is 1. The van der Waals surface area contributed by atoms with E-state index in [1.165, 1.54) is 13.2 Å². The van der Waals surface area contributed by atoms with Crippen LogP contribution in [0, 0.1) is 6.92 Å². The summed E-state index contributed by atoms with van der Waals surface area (Å²) in [4.78, 5) is 12.2. The summed E-state index contributed by atoms with van der Waals surface area (Å²) in [6, 6.07) is 9.51. The molecule has 0 saturated carbocycles. The molecule has 0 amide bonds. The second-order valence-electron chi connectivity index (χ2n) is 4.93. The number of hydrogen-bond acceptors (Lipinski definition) is 4. The highest BCUT2D eigenvalue weighted by molar-refractivity contribution is 6.34. The SMILES string of the molecule is COc1cc(-c2cc(=O)c3cccc(Cl)c3o2)c(O)cc1C. The van der Waals surface area contributed by atoms with E-state index in [4.69, 9.17) is 20.8 Å². The average molecular weight is 317 g/mol. The predicted octanol–water partition coefficient (Wildman–Crippen LogP) is 4.14. The lowest BCUT2D eigenvalue weighted by atomic mass is 10.1. The predicted molar refractivity (Wildman–Crippen MR) is 85.9 cm³/mol.